The molecule has 0 aliphatic carbocycles. The lowest BCUT2D eigenvalue weighted by molar-refractivity contribution is 1.04. The van der Waals surface area contributed by atoms with Gasteiger partial charge in [-0.05, 0) is 18.6 Å². The van der Waals surface area contributed by atoms with Crippen molar-refractivity contribution in [3.8, 4) is 0 Å². The quantitative estimate of drug-likeness (QED) is 0.628. The molecule has 0 fully saturated rings. The van der Waals surface area contributed by atoms with E-state index in [2.05, 4.69) is 31.8 Å². The molecule has 0 saturated carbocycles. The van der Waals surface area contributed by atoms with Gasteiger partial charge < -0.3 is 0 Å². The summed E-state index contributed by atoms with van der Waals surface area (Å²) in [6.45, 7) is 6.45. The van der Waals surface area contributed by atoms with Crippen LogP contribution in [-0.2, 0) is 0 Å². The van der Waals surface area contributed by atoms with E-state index in [0.29, 0.717) is 5.25 Å². The number of hydrogen-bond acceptors (Lipinski definition) is 2. The minimum atomic E-state index is 0.614. The van der Waals surface area contributed by atoms with Gasteiger partial charge in [0, 0.05) is 11.4 Å². The van der Waals surface area contributed by atoms with Crippen LogP contribution in [0.1, 0.15) is 19.4 Å². The third kappa shape index (κ3) is 2.54. The van der Waals surface area contributed by atoms with Gasteiger partial charge in [0.25, 0.3) is 0 Å². The molecule has 0 aromatic carbocycles. The molecule has 11 heavy (non-hydrogen) atoms. The average Bonchev–Trinajstić information content (AvgIpc) is 1.93. The van der Waals surface area contributed by atoms with E-state index in [0.717, 1.165) is 5.03 Å². The molecular weight excluding hydrogens is 154 g/mol. The molecule has 1 aromatic rings. The fourth-order valence-electron chi connectivity index (χ4n) is 0.818. The van der Waals surface area contributed by atoms with Gasteiger partial charge in [0.15, 0.2) is 0 Å². The molecule has 2 heteroatoms. The van der Waals surface area contributed by atoms with E-state index in [1.807, 2.05) is 24.0 Å². The molecule has 0 aliphatic rings. The van der Waals surface area contributed by atoms with Crippen molar-refractivity contribution < 1.29 is 0 Å². The number of hydrogen-bond donors (Lipinski definition) is 0. The van der Waals surface area contributed by atoms with Gasteiger partial charge in [0.2, 0.25) is 0 Å². The summed E-state index contributed by atoms with van der Waals surface area (Å²) in [5.74, 6) is 0. The summed E-state index contributed by atoms with van der Waals surface area (Å²) in [5, 5.41) is 1.77. The molecule has 0 atom stereocenters. The minimum absolute atomic E-state index is 0.614. The summed E-state index contributed by atoms with van der Waals surface area (Å²) in [5.41, 5.74) is 1.27. The Labute approximate surface area is 72.2 Å². The van der Waals surface area contributed by atoms with Crippen LogP contribution in [0.25, 0.3) is 0 Å². The zero-order valence-corrected chi connectivity index (χ0v) is 7.98. The molecule has 0 saturated heterocycles. The van der Waals surface area contributed by atoms with E-state index >= 15 is 0 Å². The van der Waals surface area contributed by atoms with Crippen LogP contribution in [0, 0.1) is 6.92 Å². The lowest BCUT2D eigenvalue weighted by Crippen LogP contribution is -1.90. The Balaban J connectivity index is 2.78. The third-order valence-electron chi connectivity index (χ3n) is 1.31. The molecule has 1 rings (SSSR count). The van der Waals surface area contributed by atoms with E-state index in [1.54, 1.807) is 0 Å². The Morgan fingerprint density at radius 1 is 1.45 bits per heavy atom. The second-order valence-electron chi connectivity index (χ2n) is 2.79. The average molecular weight is 167 g/mol. The predicted molar refractivity (Wildman–Crippen MR) is 50.0 cm³/mol. The molecule has 0 N–H and O–H groups in total. The Morgan fingerprint density at radius 3 is 2.73 bits per heavy atom. The van der Waals surface area contributed by atoms with Crippen LogP contribution in [0.15, 0.2) is 23.4 Å². The van der Waals surface area contributed by atoms with Crippen molar-refractivity contribution in [3.05, 3.63) is 23.9 Å². The molecule has 1 nitrogen and oxygen atoms in total. The van der Waals surface area contributed by atoms with Crippen molar-refractivity contribution in [3.63, 3.8) is 0 Å². The van der Waals surface area contributed by atoms with Crippen molar-refractivity contribution >= 4 is 11.8 Å². The second kappa shape index (κ2) is 3.77. The monoisotopic (exact) mass is 167 g/mol. The fraction of sp³-hybridized carbons (Fsp3) is 0.444. The highest BCUT2D eigenvalue weighted by Crippen LogP contribution is 2.22. The smallest absolute Gasteiger partial charge is 0.0991 e. The van der Waals surface area contributed by atoms with Crippen LogP contribution in [-0.4, -0.2) is 10.2 Å². The molecule has 0 unspecified atom stereocenters. The van der Waals surface area contributed by atoms with Crippen molar-refractivity contribution in [1.29, 1.82) is 0 Å². The Kier molecular flexibility index (Phi) is 2.94. The van der Waals surface area contributed by atoms with Crippen LogP contribution in [0.3, 0.4) is 0 Å². The lowest BCUT2D eigenvalue weighted by atomic mass is 10.3. The van der Waals surface area contributed by atoms with Crippen LogP contribution in [0.2, 0.25) is 0 Å². The van der Waals surface area contributed by atoms with E-state index in [1.165, 1.54) is 5.56 Å². The summed E-state index contributed by atoms with van der Waals surface area (Å²) in [6.07, 6.45) is 1.84. The highest BCUT2D eigenvalue weighted by atomic mass is 32.2. The number of aryl methyl sites for hydroxylation is 1. The van der Waals surface area contributed by atoms with Crippen LogP contribution < -0.4 is 0 Å². The first-order chi connectivity index (χ1) is 5.20. The first kappa shape index (κ1) is 8.60. The number of thioether (sulfide) groups is 1. The molecule has 1 aromatic heterocycles. The number of pyridine rings is 1. The molecule has 60 valence electrons. The van der Waals surface area contributed by atoms with Gasteiger partial charge in [0.1, 0.15) is 0 Å². The van der Waals surface area contributed by atoms with Gasteiger partial charge >= 0.3 is 0 Å². The van der Waals surface area contributed by atoms with Crippen LogP contribution >= 0.6 is 11.8 Å². The zero-order chi connectivity index (χ0) is 8.27. The van der Waals surface area contributed by atoms with Crippen LogP contribution in [0.5, 0.6) is 0 Å². The van der Waals surface area contributed by atoms with E-state index in [4.69, 9.17) is 0 Å². The summed E-state index contributed by atoms with van der Waals surface area (Å²) in [7, 11) is 0. The molecule has 0 radical (unpaired) electrons. The number of rotatable bonds is 2. The van der Waals surface area contributed by atoms with Crippen molar-refractivity contribution in [2.24, 2.45) is 0 Å². The van der Waals surface area contributed by atoms with Gasteiger partial charge in [-0.15, -0.1) is 11.8 Å². The highest BCUT2D eigenvalue weighted by molar-refractivity contribution is 7.99. The molecular formula is C9H13NS. The second-order valence-corrected chi connectivity index (χ2v) is 4.36. The fourth-order valence-corrected chi connectivity index (χ4v) is 1.64. The minimum Gasteiger partial charge on any atom is -0.250 e. The van der Waals surface area contributed by atoms with Gasteiger partial charge in [-0.2, -0.15) is 0 Å². The van der Waals surface area contributed by atoms with Crippen molar-refractivity contribution in [2.45, 2.75) is 31.0 Å². The molecule has 0 aliphatic heterocycles. The van der Waals surface area contributed by atoms with E-state index in [-0.39, 0.29) is 0 Å². The molecule has 1 heterocycles. The third-order valence-corrected chi connectivity index (χ3v) is 2.43. The standard InChI is InChI=1S/C9H13NS/c1-7(2)11-9-8(3)5-4-6-10-9/h4-7H,1-3H3. The first-order valence-corrected chi connectivity index (χ1v) is 4.66. The summed E-state index contributed by atoms with van der Waals surface area (Å²) >= 11 is 1.81. The Hall–Kier alpha value is -0.500. The van der Waals surface area contributed by atoms with Gasteiger partial charge in [0.05, 0.1) is 5.03 Å². The summed E-state index contributed by atoms with van der Waals surface area (Å²) in [6, 6.07) is 4.07. The van der Waals surface area contributed by atoms with Gasteiger partial charge in [-0.1, -0.05) is 19.9 Å². The normalized spacial score (nSPS) is 10.5. The van der Waals surface area contributed by atoms with E-state index < -0.39 is 0 Å². The van der Waals surface area contributed by atoms with Crippen molar-refractivity contribution in [1.82, 2.24) is 4.98 Å². The number of nitrogens with zero attached hydrogens (tertiary/aromatic N) is 1. The highest BCUT2D eigenvalue weighted by Gasteiger charge is 2.01. The Bertz CT molecular complexity index is 233. The summed E-state index contributed by atoms with van der Waals surface area (Å²) < 4.78 is 0. The number of aromatic nitrogens is 1. The Morgan fingerprint density at radius 2 is 2.18 bits per heavy atom. The largest absolute Gasteiger partial charge is 0.250 e. The first-order valence-electron chi connectivity index (χ1n) is 3.78. The van der Waals surface area contributed by atoms with Crippen LogP contribution in [0.4, 0.5) is 0 Å². The van der Waals surface area contributed by atoms with E-state index in [9.17, 15) is 0 Å². The maximum atomic E-state index is 4.28. The SMILES string of the molecule is Cc1cccnc1SC(C)C. The molecule has 0 amide bonds. The lowest BCUT2D eigenvalue weighted by Gasteiger charge is -2.05. The topological polar surface area (TPSA) is 12.9 Å². The van der Waals surface area contributed by atoms with Crippen molar-refractivity contribution in [2.75, 3.05) is 0 Å². The summed E-state index contributed by atoms with van der Waals surface area (Å²) in [4.78, 5) is 4.28. The maximum absolute atomic E-state index is 4.28. The zero-order valence-electron chi connectivity index (χ0n) is 7.16. The molecule has 0 spiro atoms. The van der Waals surface area contributed by atoms with Gasteiger partial charge in [-0.25, -0.2) is 4.98 Å². The maximum Gasteiger partial charge on any atom is 0.0991 e. The molecule has 0 bridgehead atoms. The predicted octanol–water partition coefficient (Wildman–Crippen LogP) is 2.89. The van der Waals surface area contributed by atoms with Gasteiger partial charge in [-0.3, -0.25) is 0 Å².